The standard InChI is InChI=1S/C12H8N2O3S/c1-18-9-6-10(15)14-5-3-2-4-8(14)11(9)12(16)17-7-13/h2-6H,1H3. The van der Waals surface area contributed by atoms with Crippen LogP contribution in [0.1, 0.15) is 10.4 Å². The molecule has 0 unspecified atom stereocenters. The van der Waals surface area contributed by atoms with Crippen molar-refractivity contribution in [3.8, 4) is 6.26 Å². The van der Waals surface area contributed by atoms with E-state index < -0.39 is 5.97 Å². The van der Waals surface area contributed by atoms with E-state index in [1.54, 1.807) is 30.7 Å². The predicted molar refractivity (Wildman–Crippen MR) is 66.5 cm³/mol. The van der Waals surface area contributed by atoms with Gasteiger partial charge in [-0.3, -0.25) is 9.20 Å². The van der Waals surface area contributed by atoms with Gasteiger partial charge in [-0.05, 0) is 18.4 Å². The Kier molecular flexibility index (Phi) is 3.35. The number of carbonyl (C=O) groups excluding carboxylic acids is 1. The minimum Gasteiger partial charge on any atom is -0.347 e. The fourth-order valence-corrected chi connectivity index (χ4v) is 2.29. The number of thioether (sulfide) groups is 1. The average molecular weight is 260 g/mol. The molecule has 0 aliphatic carbocycles. The maximum Gasteiger partial charge on any atom is 0.356 e. The molecular formula is C12H8N2O3S. The van der Waals surface area contributed by atoms with Crippen molar-refractivity contribution in [2.24, 2.45) is 0 Å². The first-order valence-corrected chi connectivity index (χ1v) is 6.20. The third-order valence-corrected chi connectivity index (χ3v) is 3.18. The Hall–Kier alpha value is -2.26. The average Bonchev–Trinajstić information content (AvgIpc) is 2.38. The highest BCUT2D eigenvalue weighted by atomic mass is 32.2. The molecule has 5 nitrogen and oxygen atoms in total. The molecule has 0 radical (unpaired) electrons. The number of nitrogens with zero attached hydrogens (tertiary/aromatic N) is 2. The predicted octanol–water partition coefficient (Wildman–Crippen LogP) is 1.66. The number of fused-ring (bicyclic) bond motifs is 1. The van der Waals surface area contributed by atoms with Crippen LogP contribution in [0.25, 0.3) is 5.52 Å². The van der Waals surface area contributed by atoms with E-state index >= 15 is 0 Å². The molecule has 2 heterocycles. The fourth-order valence-electron chi connectivity index (χ4n) is 1.68. The van der Waals surface area contributed by atoms with Crippen LogP contribution in [0.4, 0.5) is 0 Å². The van der Waals surface area contributed by atoms with Gasteiger partial charge in [0, 0.05) is 17.2 Å². The third-order valence-electron chi connectivity index (χ3n) is 2.42. The molecule has 0 fully saturated rings. The molecule has 0 N–H and O–H groups in total. The summed E-state index contributed by atoms with van der Waals surface area (Å²) in [6.45, 7) is 0. The highest BCUT2D eigenvalue weighted by Gasteiger charge is 2.18. The minimum absolute atomic E-state index is 0.226. The summed E-state index contributed by atoms with van der Waals surface area (Å²) >= 11 is 1.26. The largest absolute Gasteiger partial charge is 0.356 e. The van der Waals surface area contributed by atoms with Gasteiger partial charge in [-0.1, -0.05) is 6.07 Å². The number of rotatable bonds is 2. The lowest BCUT2D eigenvalue weighted by Gasteiger charge is -2.08. The number of pyridine rings is 2. The van der Waals surface area contributed by atoms with Crippen molar-refractivity contribution >= 4 is 23.2 Å². The zero-order valence-electron chi connectivity index (χ0n) is 9.41. The van der Waals surface area contributed by atoms with Gasteiger partial charge in [0.1, 0.15) is 0 Å². The molecule has 90 valence electrons. The van der Waals surface area contributed by atoms with Crippen molar-refractivity contribution in [3.63, 3.8) is 0 Å². The Morgan fingerprint density at radius 1 is 1.50 bits per heavy atom. The van der Waals surface area contributed by atoms with Crippen molar-refractivity contribution in [2.45, 2.75) is 4.90 Å². The number of aromatic nitrogens is 1. The van der Waals surface area contributed by atoms with Crippen LogP contribution in [-0.2, 0) is 4.74 Å². The maximum absolute atomic E-state index is 11.8. The summed E-state index contributed by atoms with van der Waals surface area (Å²) in [6.07, 6.45) is 4.66. The molecule has 0 aliphatic heterocycles. The van der Waals surface area contributed by atoms with Gasteiger partial charge in [-0.2, -0.15) is 0 Å². The van der Waals surface area contributed by atoms with Crippen LogP contribution in [0.2, 0.25) is 0 Å². The normalized spacial score (nSPS) is 10.0. The topological polar surface area (TPSA) is 71.6 Å². The Balaban J connectivity index is 2.84. The van der Waals surface area contributed by atoms with E-state index in [-0.39, 0.29) is 11.1 Å². The second-order valence-electron chi connectivity index (χ2n) is 3.36. The molecule has 0 atom stereocenters. The Bertz CT molecular complexity index is 715. The smallest absolute Gasteiger partial charge is 0.347 e. The van der Waals surface area contributed by atoms with Crippen molar-refractivity contribution in [3.05, 3.63) is 46.4 Å². The summed E-state index contributed by atoms with van der Waals surface area (Å²) in [5.41, 5.74) is 0.419. The van der Waals surface area contributed by atoms with Crippen LogP contribution in [-0.4, -0.2) is 16.6 Å². The molecule has 6 heteroatoms. The van der Waals surface area contributed by atoms with E-state index in [1.165, 1.54) is 28.5 Å². The van der Waals surface area contributed by atoms with Gasteiger partial charge in [-0.15, -0.1) is 17.0 Å². The molecule has 0 amide bonds. The highest BCUT2D eigenvalue weighted by Crippen LogP contribution is 2.23. The number of ether oxygens (including phenoxy) is 1. The summed E-state index contributed by atoms with van der Waals surface area (Å²) in [5, 5.41) is 8.42. The van der Waals surface area contributed by atoms with Crippen molar-refractivity contribution in [1.29, 1.82) is 5.26 Å². The molecule has 0 aromatic carbocycles. The van der Waals surface area contributed by atoms with Gasteiger partial charge < -0.3 is 4.74 Å². The van der Waals surface area contributed by atoms with E-state index in [1.807, 2.05) is 0 Å². The van der Waals surface area contributed by atoms with Crippen LogP contribution >= 0.6 is 11.8 Å². The van der Waals surface area contributed by atoms with Gasteiger partial charge in [0.2, 0.25) is 0 Å². The Labute approximate surface area is 107 Å². The van der Waals surface area contributed by atoms with Gasteiger partial charge in [0.25, 0.3) is 11.8 Å². The molecule has 0 bridgehead atoms. The van der Waals surface area contributed by atoms with Crippen LogP contribution in [0.15, 0.2) is 40.2 Å². The van der Waals surface area contributed by atoms with Crippen LogP contribution in [0.5, 0.6) is 0 Å². The van der Waals surface area contributed by atoms with Gasteiger partial charge in [0.15, 0.2) is 0 Å². The number of esters is 1. The lowest BCUT2D eigenvalue weighted by atomic mass is 10.2. The van der Waals surface area contributed by atoms with Gasteiger partial charge >= 0.3 is 5.97 Å². The summed E-state index contributed by atoms with van der Waals surface area (Å²) in [4.78, 5) is 24.1. The van der Waals surface area contributed by atoms with Gasteiger partial charge in [-0.25, -0.2) is 4.79 Å². The van der Waals surface area contributed by atoms with Crippen LogP contribution in [0, 0.1) is 11.5 Å². The molecule has 0 saturated heterocycles. The number of nitriles is 1. The van der Waals surface area contributed by atoms with Crippen LogP contribution < -0.4 is 5.56 Å². The first-order chi connectivity index (χ1) is 8.69. The van der Waals surface area contributed by atoms with Gasteiger partial charge in [0.05, 0.1) is 11.1 Å². The number of hydrogen-bond donors (Lipinski definition) is 0. The molecule has 2 aromatic heterocycles. The van der Waals surface area contributed by atoms with E-state index in [9.17, 15) is 9.59 Å². The Morgan fingerprint density at radius 3 is 2.94 bits per heavy atom. The van der Waals surface area contributed by atoms with E-state index in [0.29, 0.717) is 10.4 Å². The number of carbonyl (C=O) groups is 1. The highest BCUT2D eigenvalue weighted by molar-refractivity contribution is 7.98. The quantitative estimate of drug-likeness (QED) is 0.466. The monoisotopic (exact) mass is 260 g/mol. The van der Waals surface area contributed by atoms with Crippen LogP contribution in [0.3, 0.4) is 0 Å². The van der Waals surface area contributed by atoms with Crippen molar-refractivity contribution < 1.29 is 9.53 Å². The molecule has 0 saturated carbocycles. The SMILES string of the molecule is CSc1cc(=O)n2ccccc2c1C(=O)OC#N. The van der Waals surface area contributed by atoms with Crippen molar-refractivity contribution in [1.82, 2.24) is 4.40 Å². The fraction of sp³-hybridized carbons (Fsp3) is 0.0833. The third kappa shape index (κ3) is 1.96. The first kappa shape index (κ1) is 12.2. The lowest BCUT2D eigenvalue weighted by molar-refractivity contribution is 0.0683. The minimum atomic E-state index is -0.759. The summed E-state index contributed by atoms with van der Waals surface area (Å²) in [6, 6.07) is 6.38. The zero-order chi connectivity index (χ0) is 13.1. The second kappa shape index (κ2) is 4.94. The molecule has 2 rings (SSSR count). The molecule has 0 spiro atoms. The molecule has 2 aromatic rings. The van der Waals surface area contributed by atoms with Crippen molar-refractivity contribution in [2.75, 3.05) is 6.26 Å². The van der Waals surface area contributed by atoms with E-state index in [4.69, 9.17) is 5.26 Å². The Morgan fingerprint density at radius 2 is 2.28 bits per heavy atom. The first-order valence-electron chi connectivity index (χ1n) is 4.97. The lowest BCUT2D eigenvalue weighted by Crippen LogP contribution is -2.17. The zero-order valence-corrected chi connectivity index (χ0v) is 10.2. The second-order valence-corrected chi connectivity index (χ2v) is 4.21. The summed E-state index contributed by atoms with van der Waals surface area (Å²) in [7, 11) is 0. The van der Waals surface area contributed by atoms with E-state index in [0.717, 1.165) is 0 Å². The summed E-state index contributed by atoms with van der Waals surface area (Å²) in [5.74, 6) is -0.759. The number of hydrogen-bond acceptors (Lipinski definition) is 5. The summed E-state index contributed by atoms with van der Waals surface area (Å²) < 4.78 is 5.70. The molecular weight excluding hydrogens is 252 g/mol. The van der Waals surface area contributed by atoms with E-state index in [2.05, 4.69) is 4.74 Å². The molecule has 18 heavy (non-hydrogen) atoms. The molecule has 0 aliphatic rings. The maximum atomic E-state index is 11.8.